The van der Waals surface area contributed by atoms with E-state index in [0.29, 0.717) is 13.2 Å². The molecule has 8 heteroatoms. The summed E-state index contributed by atoms with van der Waals surface area (Å²) in [6.45, 7) is 5.95. The highest BCUT2D eigenvalue weighted by Crippen LogP contribution is 2.21. The molecule has 144 valence electrons. The van der Waals surface area contributed by atoms with E-state index >= 15 is 0 Å². The molecule has 5 nitrogen and oxygen atoms in total. The predicted molar refractivity (Wildman–Crippen MR) is 111 cm³/mol. The van der Waals surface area contributed by atoms with Gasteiger partial charge in [0, 0.05) is 24.0 Å². The first-order valence-corrected chi connectivity index (χ1v) is 9.15. The Balaban J connectivity index is 0.00000169. The molecule has 0 unspecified atom stereocenters. The monoisotopic (exact) mass is 417 g/mol. The van der Waals surface area contributed by atoms with Crippen molar-refractivity contribution in [3.8, 4) is 11.3 Å². The topological polar surface area (TPSA) is 63.2 Å². The molecular weight excluding hydrogens is 393 g/mol. The van der Waals surface area contributed by atoms with Gasteiger partial charge in [-0.3, -0.25) is 4.79 Å². The van der Waals surface area contributed by atoms with E-state index in [1.807, 2.05) is 13.8 Å². The van der Waals surface area contributed by atoms with Crippen LogP contribution in [0.5, 0.6) is 0 Å². The van der Waals surface area contributed by atoms with Crippen molar-refractivity contribution in [1.82, 2.24) is 15.6 Å². The Labute approximate surface area is 170 Å². The molecule has 0 aliphatic carbocycles. The number of rotatable bonds is 5. The van der Waals surface area contributed by atoms with Crippen LogP contribution >= 0.6 is 36.2 Å². The molecule has 1 fully saturated rings. The molecule has 3 rings (SSSR count). The van der Waals surface area contributed by atoms with E-state index in [-0.39, 0.29) is 42.9 Å². The lowest BCUT2D eigenvalue weighted by molar-refractivity contribution is -0.128. The Kier molecular flexibility index (Phi) is 9.54. The van der Waals surface area contributed by atoms with Crippen LogP contribution in [0.1, 0.15) is 17.5 Å². The number of nitrogens with zero attached hydrogens (tertiary/aromatic N) is 1. The van der Waals surface area contributed by atoms with Crippen LogP contribution in [0.3, 0.4) is 0 Å². The summed E-state index contributed by atoms with van der Waals surface area (Å²) in [6, 6.07) is 8.12. The molecule has 0 radical (unpaired) electrons. The Bertz CT molecular complexity index is 694. The summed E-state index contributed by atoms with van der Waals surface area (Å²) >= 11 is 1.66. The third-order valence-corrected chi connectivity index (χ3v) is 4.95. The van der Waals surface area contributed by atoms with Gasteiger partial charge in [0.05, 0.1) is 23.4 Å². The van der Waals surface area contributed by atoms with Crippen molar-refractivity contribution in [1.29, 1.82) is 0 Å². The zero-order valence-electron chi connectivity index (χ0n) is 14.9. The van der Waals surface area contributed by atoms with Crippen LogP contribution in [0, 0.1) is 6.92 Å². The quantitative estimate of drug-likeness (QED) is 0.784. The number of hydrogen-bond acceptors (Lipinski definition) is 5. The van der Waals surface area contributed by atoms with Crippen LogP contribution in [-0.2, 0) is 16.0 Å². The average molecular weight is 418 g/mol. The van der Waals surface area contributed by atoms with E-state index in [1.54, 1.807) is 11.3 Å². The number of nitrogens with one attached hydrogen (secondary N) is 2. The Morgan fingerprint density at radius 2 is 2.08 bits per heavy atom. The second kappa shape index (κ2) is 10.8. The molecule has 2 atom stereocenters. The third kappa shape index (κ3) is 5.93. The second-order valence-electron chi connectivity index (χ2n) is 6.00. The molecule has 2 aromatic rings. The lowest BCUT2D eigenvalue weighted by atomic mass is 10.1. The fourth-order valence-electron chi connectivity index (χ4n) is 2.81. The summed E-state index contributed by atoms with van der Waals surface area (Å²) in [7, 11) is 0. The molecular formula is C18H25Cl2N3O2S. The number of morpholine rings is 1. The molecule has 0 spiro atoms. The second-order valence-corrected chi connectivity index (χ2v) is 7.06. The smallest absolute Gasteiger partial charge is 0.239 e. The maximum Gasteiger partial charge on any atom is 0.239 e. The zero-order chi connectivity index (χ0) is 16.9. The third-order valence-electron chi connectivity index (χ3n) is 4.18. The number of aryl methyl sites for hydroxylation is 1. The van der Waals surface area contributed by atoms with E-state index in [4.69, 9.17) is 4.74 Å². The number of aromatic nitrogens is 1. The van der Waals surface area contributed by atoms with Gasteiger partial charge >= 0.3 is 0 Å². The van der Waals surface area contributed by atoms with Gasteiger partial charge in [-0.15, -0.1) is 36.2 Å². The molecule has 1 aliphatic heterocycles. The first-order chi connectivity index (χ1) is 11.6. The molecule has 0 saturated carbocycles. The van der Waals surface area contributed by atoms with E-state index in [0.717, 1.165) is 29.2 Å². The Morgan fingerprint density at radius 3 is 2.69 bits per heavy atom. The fraction of sp³-hybridized carbons (Fsp3) is 0.444. The highest BCUT2D eigenvalue weighted by Gasteiger charge is 2.27. The van der Waals surface area contributed by atoms with Gasteiger partial charge in [-0.05, 0) is 25.8 Å². The minimum absolute atomic E-state index is 0. The molecule has 2 heterocycles. The summed E-state index contributed by atoms with van der Waals surface area (Å²) < 4.78 is 5.50. The highest BCUT2D eigenvalue weighted by atomic mass is 35.5. The molecule has 0 bridgehead atoms. The van der Waals surface area contributed by atoms with Crippen LogP contribution in [0.25, 0.3) is 11.3 Å². The van der Waals surface area contributed by atoms with Crippen LogP contribution in [0.4, 0.5) is 0 Å². The molecule has 1 aromatic carbocycles. The number of carbonyl (C=O) groups is 1. The first kappa shape index (κ1) is 22.9. The van der Waals surface area contributed by atoms with Crippen LogP contribution < -0.4 is 10.6 Å². The normalized spacial score (nSPS) is 19.2. The van der Waals surface area contributed by atoms with Crippen molar-refractivity contribution in [2.45, 2.75) is 32.4 Å². The van der Waals surface area contributed by atoms with Gasteiger partial charge in [-0.2, -0.15) is 0 Å². The van der Waals surface area contributed by atoms with Crippen molar-refractivity contribution >= 4 is 42.1 Å². The van der Waals surface area contributed by atoms with E-state index in [2.05, 4.69) is 45.3 Å². The lowest BCUT2D eigenvalue weighted by Gasteiger charge is -2.29. The van der Waals surface area contributed by atoms with Gasteiger partial charge in [0.2, 0.25) is 5.91 Å². The molecule has 1 aromatic heterocycles. The summed E-state index contributed by atoms with van der Waals surface area (Å²) in [4.78, 5) is 16.7. The van der Waals surface area contributed by atoms with Crippen LogP contribution in [0.2, 0.25) is 0 Å². The SMILES string of the molecule is Cc1nc(-c2ccc(CCNC(=O)[C@H]3NCCO[C@@H]3C)cc2)cs1.Cl.Cl. The number of thiazole rings is 1. The van der Waals surface area contributed by atoms with Gasteiger partial charge in [-0.25, -0.2) is 4.98 Å². The molecule has 26 heavy (non-hydrogen) atoms. The summed E-state index contributed by atoms with van der Waals surface area (Å²) in [5.74, 6) is 0.0109. The molecule has 1 aliphatic rings. The van der Waals surface area contributed by atoms with Gasteiger partial charge < -0.3 is 15.4 Å². The van der Waals surface area contributed by atoms with Crippen LogP contribution in [-0.4, -0.2) is 42.7 Å². The lowest BCUT2D eigenvalue weighted by Crippen LogP contribution is -2.55. The number of benzene rings is 1. The maximum absolute atomic E-state index is 12.2. The predicted octanol–water partition coefficient (Wildman–Crippen LogP) is 3.00. The number of hydrogen-bond donors (Lipinski definition) is 2. The van der Waals surface area contributed by atoms with Crippen molar-refractivity contribution in [3.05, 3.63) is 40.2 Å². The Morgan fingerprint density at radius 1 is 1.35 bits per heavy atom. The van der Waals surface area contributed by atoms with Gasteiger partial charge in [0.1, 0.15) is 6.04 Å². The molecule has 1 saturated heterocycles. The van der Waals surface area contributed by atoms with Gasteiger partial charge in [-0.1, -0.05) is 24.3 Å². The largest absolute Gasteiger partial charge is 0.375 e. The van der Waals surface area contributed by atoms with E-state index in [9.17, 15) is 4.79 Å². The van der Waals surface area contributed by atoms with Crippen molar-refractivity contribution in [2.24, 2.45) is 0 Å². The Hall–Kier alpha value is -1.18. The highest BCUT2D eigenvalue weighted by molar-refractivity contribution is 7.09. The minimum Gasteiger partial charge on any atom is -0.375 e. The van der Waals surface area contributed by atoms with E-state index < -0.39 is 0 Å². The number of amides is 1. The van der Waals surface area contributed by atoms with Crippen LogP contribution in [0.15, 0.2) is 29.6 Å². The summed E-state index contributed by atoms with van der Waals surface area (Å²) in [5, 5.41) is 9.34. The van der Waals surface area contributed by atoms with Crippen molar-refractivity contribution < 1.29 is 9.53 Å². The standard InChI is InChI=1S/C18H23N3O2S.2ClH/c1-12-17(19-9-10-23-12)18(22)20-8-7-14-3-5-15(6-4-14)16-11-24-13(2)21-16;;/h3-6,11-12,17,19H,7-10H2,1-2H3,(H,20,22);2*1H/t12-,17+;;/m1../s1. The minimum atomic E-state index is -0.256. The maximum atomic E-state index is 12.2. The number of ether oxygens (including phenoxy) is 1. The molecule has 1 amide bonds. The van der Waals surface area contributed by atoms with Gasteiger partial charge in [0.15, 0.2) is 0 Å². The summed E-state index contributed by atoms with van der Waals surface area (Å²) in [5.41, 5.74) is 3.35. The number of carbonyl (C=O) groups excluding carboxylic acids is 1. The summed E-state index contributed by atoms with van der Waals surface area (Å²) in [6.07, 6.45) is 0.726. The van der Waals surface area contributed by atoms with Crippen molar-refractivity contribution in [3.63, 3.8) is 0 Å². The molecule has 2 N–H and O–H groups in total. The van der Waals surface area contributed by atoms with Gasteiger partial charge in [0.25, 0.3) is 0 Å². The number of halogens is 2. The van der Waals surface area contributed by atoms with E-state index in [1.165, 1.54) is 5.56 Å². The first-order valence-electron chi connectivity index (χ1n) is 8.27. The zero-order valence-corrected chi connectivity index (χ0v) is 17.3. The fourth-order valence-corrected chi connectivity index (χ4v) is 3.43. The average Bonchev–Trinajstić information content (AvgIpc) is 3.02. The van der Waals surface area contributed by atoms with Crippen molar-refractivity contribution in [2.75, 3.05) is 19.7 Å².